The molecule has 0 saturated carbocycles. The van der Waals surface area contributed by atoms with Gasteiger partial charge in [-0.1, -0.05) is 12.1 Å². The van der Waals surface area contributed by atoms with Crippen molar-refractivity contribution in [3.8, 4) is 11.1 Å². The summed E-state index contributed by atoms with van der Waals surface area (Å²) in [6.45, 7) is 1.91. The number of amides is 1. The van der Waals surface area contributed by atoms with E-state index >= 15 is 0 Å². The molecule has 0 unspecified atom stereocenters. The van der Waals surface area contributed by atoms with Gasteiger partial charge in [-0.05, 0) is 53.8 Å². The second kappa shape index (κ2) is 10.9. The maximum absolute atomic E-state index is 13.5. The number of pyridine rings is 2. The van der Waals surface area contributed by atoms with Crippen LogP contribution in [0.25, 0.3) is 11.1 Å². The Balaban J connectivity index is 1.36. The molecule has 4 heterocycles. The molecule has 1 amide bonds. The van der Waals surface area contributed by atoms with Crippen LogP contribution in [0.15, 0.2) is 60.0 Å². The summed E-state index contributed by atoms with van der Waals surface area (Å²) >= 11 is 0. The number of likely N-dealkylation sites (tertiary alicyclic amines) is 1. The molecule has 1 N–H and O–H groups in total. The van der Waals surface area contributed by atoms with Gasteiger partial charge in [-0.2, -0.15) is 0 Å². The zero-order chi connectivity index (χ0) is 26.7. The molecule has 1 saturated heterocycles. The first-order valence-electron chi connectivity index (χ1n) is 12.9. The zero-order valence-electron chi connectivity index (χ0n) is 21.8. The van der Waals surface area contributed by atoms with E-state index in [0.717, 1.165) is 46.5 Å². The van der Waals surface area contributed by atoms with Crippen molar-refractivity contribution in [3.63, 3.8) is 0 Å². The molecule has 198 valence electrons. The third-order valence-corrected chi connectivity index (χ3v) is 7.04. The van der Waals surface area contributed by atoms with Crippen LogP contribution in [-0.2, 0) is 17.8 Å². The van der Waals surface area contributed by atoms with Crippen LogP contribution in [0.1, 0.15) is 36.0 Å². The van der Waals surface area contributed by atoms with E-state index in [-0.39, 0.29) is 18.7 Å². The van der Waals surface area contributed by atoms with Gasteiger partial charge in [0, 0.05) is 76.6 Å². The van der Waals surface area contributed by atoms with Gasteiger partial charge < -0.3 is 10.2 Å². The summed E-state index contributed by atoms with van der Waals surface area (Å²) in [6, 6.07) is 11.8. The Hall–Kier alpha value is -3.72. The summed E-state index contributed by atoms with van der Waals surface area (Å²) in [7, 11) is 3.82. The molecule has 0 atom stereocenters. The fourth-order valence-corrected chi connectivity index (χ4v) is 4.88. The Morgan fingerprint density at radius 3 is 2.61 bits per heavy atom. The first-order valence-corrected chi connectivity index (χ1v) is 12.9. The Kier molecular flexibility index (Phi) is 7.46. The Labute approximate surface area is 221 Å². The molecule has 2 aromatic heterocycles. The number of halogens is 2. The van der Waals surface area contributed by atoms with Crippen molar-refractivity contribution in [1.82, 2.24) is 14.9 Å². The first-order chi connectivity index (χ1) is 18.3. The van der Waals surface area contributed by atoms with E-state index in [2.05, 4.69) is 26.3 Å². The lowest BCUT2D eigenvalue weighted by atomic mass is 9.94. The third kappa shape index (κ3) is 6.05. The number of anilines is 2. The summed E-state index contributed by atoms with van der Waals surface area (Å²) in [4.78, 5) is 30.7. The van der Waals surface area contributed by atoms with E-state index in [1.54, 1.807) is 18.6 Å². The topological polar surface area (TPSA) is 73.7 Å². The molecule has 1 aromatic carbocycles. The average molecular weight is 519 g/mol. The van der Waals surface area contributed by atoms with Crippen molar-refractivity contribution in [2.75, 3.05) is 43.9 Å². The molecule has 5 rings (SSSR count). The Bertz CT molecular complexity index is 1330. The molecule has 0 bridgehead atoms. The quantitative estimate of drug-likeness (QED) is 0.507. The van der Waals surface area contributed by atoms with Crippen molar-refractivity contribution >= 4 is 23.1 Å². The molecule has 7 nitrogen and oxygen atoms in total. The molecular formula is C29H32F2N6O. The van der Waals surface area contributed by atoms with Crippen molar-refractivity contribution < 1.29 is 13.6 Å². The number of aromatic nitrogens is 2. The van der Waals surface area contributed by atoms with Crippen LogP contribution in [0.3, 0.4) is 0 Å². The highest BCUT2D eigenvalue weighted by molar-refractivity contribution is 6.49. The lowest BCUT2D eigenvalue weighted by molar-refractivity contribution is -0.110. The highest BCUT2D eigenvalue weighted by atomic mass is 19.3. The Morgan fingerprint density at radius 2 is 1.87 bits per heavy atom. The second-order valence-electron chi connectivity index (χ2n) is 10.2. The van der Waals surface area contributed by atoms with Crippen molar-refractivity contribution in [2.24, 2.45) is 4.99 Å². The van der Waals surface area contributed by atoms with E-state index < -0.39 is 5.92 Å². The minimum absolute atomic E-state index is 0.106. The largest absolute Gasteiger partial charge is 0.363 e. The van der Waals surface area contributed by atoms with Crippen LogP contribution in [0.4, 0.5) is 20.3 Å². The number of benzene rings is 1. The number of nitrogens with zero attached hydrogens (tertiary/aromatic N) is 5. The number of piperidine rings is 1. The minimum atomic E-state index is -2.56. The maximum atomic E-state index is 13.5. The summed E-state index contributed by atoms with van der Waals surface area (Å²) in [5.41, 5.74) is 5.75. The van der Waals surface area contributed by atoms with Crippen LogP contribution < -0.4 is 10.2 Å². The van der Waals surface area contributed by atoms with Crippen LogP contribution in [0, 0.1) is 0 Å². The molecule has 0 aliphatic carbocycles. The number of hydrogen-bond acceptors (Lipinski definition) is 6. The molecule has 1 fully saturated rings. The number of rotatable bonds is 6. The van der Waals surface area contributed by atoms with Gasteiger partial charge in [-0.15, -0.1) is 0 Å². The molecule has 0 radical (unpaired) electrons. The number of aryl methyl sites for hydroxylation is 1. The molecule has 9 heteroatoms. The van der Waals surface area contributed by atoms with Gasteiger partial charge in [-0.3, -0.25) is 19.7 Å². The van der Waals surface area contributed by atoms with E-state index in [1.807, 2.05) is 54.2 Å². The fraction of sp³-hybridized carbons (Fsp3) is 0.379. The molecule has 0 spiro atoms. The van der Waals surface area contributed by atoms with E-state index in [9.17, 15) is 13.6 Å². The summed E-state index contributed by atoms with van der Waals surface area (Å²) in [5.74, 6) is -2.02. The van der Waals surface area contributed by atoms with E-state index in [0.29, 0.717) is 37.6 Å². The number of alkyl halides is 2. The van der Waals surface area contributed by atoms with Crippen LogP contribution in [-0.4, -0.2) is 66.1 Å². The monoisotopic (exact) mass is 518 g/mol. The summed E-state index contributed by atoms with van der Waals surface area (Å²) in [6.07, 6.45) is 6.72. The molecule has 38 heavy (non-hydrogen) atoms. The van der Waals surface area contributed by atoms with Crippen molar-refractivity contribution in [1.29, 1.82) is 0 Å². The summed E-state index contributed by atoms with van der Waals surface area (Å²) in [5, 5.41) is 2.94. The predicted octanol–water partition coefficient (Wildman–Crippen LogP) is 4.81. The maximum Gasteiger partial charge on any atom is 0.274 e. The fourth-order valence-electron chi connectivity index (χ4n) is 4.88. The molecular weight excluding hydrogens is 486 g/mol. The average Bonchev–Trinajstić information content (AvgIpc) is 3.12. The number of aliphatic imine (C=N–C) groups is 1. The highest BCUT2D eigenvalue weighted by Gasteiger charge is 2.33. The Morgan fingerprint density at radius 1 is 1.05 bits per heavy atom. The standard InChI is InChI=1S/C29H32F2N6O/c1-36(2)26-8-7-24(18-34-26)35-28(38)27-25-15-22(6-5-21(25)4-3-11-33-27)23-14-20(16-32-17-23)19-37-12-9-29(30,31)10-13-37/h5-8,14-18H,3-4,9-13,19H2,1-2H3,(H,35,38). The van der Waals surface area contributed by atoms with Gasteiger partial charge >= 0.3 is 0 Å². The predicted molar refractivity (Wildman–Crippen MR) is 146 cm³/mol. The molecule has 3 aromatic rings. The number of nitrogens with one attached hydrogen (secondary N) is 1. The van der Waals surface area contributed by atoms with Gasteiger partial charge in [0.25, 0.3) is 11.8 Å². The van der Waals surface area contributed by atoms with E-state index in [4.69, 9.17) is 0 Å². The number of carbonyl (C=O) groups is 1. The molecule has 2 aliphatic heterocycles. The SMILES string of the molecule is CN(C)c1ccc(NC(=O)C2=NCCCc3ccc(-c4cncc(CN5CCC(F)(F)CC5)c4)cc32)cn1. The smallest absolute Gasteiger partial charge is 0.274 e. The number of hydrogen-bond donors (Lipinski definition) is 1. The van der Waals surface area contributed by atoms with Crippen LogP contribution in [0.2, 0.25) is 0 Å². The van der Waals surface area contributed by atoms with Gasteiger partial charge in [-0.25, -0.2) is 13.8 Å². The van der Waals surface area contributed by atoms with Crippen LogP contribution in [0.5, 0.6) is 0 Å². The first kappa shape index (κ1) is 25.9. The van der Waals surface area contributed by atoms with Gasteiger partial charge in [0.1, 0.15) is 11.5 Å². The van der Waals surface area contributed by atoms with E-state index in [1.165, 1.54) is 0 Å². The van der Waals surface area contributed by atoms with Crippen molar-refractivity contribution in [3.05, 3.63) is 71.7 Å². The minimum Gasteiger partial charge on any atom is -0.363 e. The highest BCUT2D eigenvalue weighted by Crippen LogP contribution is 2.30. The van der Waals surface area contributed by atoms with Gasteiger partial charge in [0.15, 0.2) is 0 Å². The zero-order valence-corrected chi connectivity index (χ0v) is 21.8. The van der Waals surface area contributed by atoms with Gasteiger partial charge in [0.05, 0.1) is 11.9 Å². The lowest BCUT2D eigenvalue weighted by Gasteiger charge is -2.31. The van der Waals surface area contributed by atoms with Crippen LogP contribution >= 0.6 is 0 Å². The normalized spacial score (nSPS) is 17.2. The van der Waals surface area contributed by atoms with Gasteiger partial charge in [0.2, 0.25) is 0 Å². The van der Waals surface area contributed by atoms with Crippen molar-refractivity contribution in [2.45, 2.75) is 38.2 Å². The summed E-state index contributed by atoms with van der Waals surface area (Å²) < 4.78 is 27.1. The lowest BCUT2D eigenvalue weighted by Crippen LogP contribution is -2.38. The molecule has 2 aliphatic rings. The number of fused-ring (bicyclic) bond motifs is 1. The number of carbonyl (C=O) groups excluding carboxylic acids is 1. The second-order valence-corrected chi connectivity index (χ2v) is 10.2. The third-order valence-electron chi connectivity index (χ3n) is 7.04.